The Kier molecular flexibility index (Phi) is 9.69. The third-order valence-corrected chi connectivity index (χ3v) is 6.79. The van der Waals surface area contributed by atoms with E-state index in [2.05, 4.69) is 30.9 Å². The van der Waals surface area contributed by atoms with E-state index in [1.807, 2.05) is 55.5 Å². The Labute approximate surface area is 232 Å². The first-order valence-electron chi connectivity index (χ1n) is 13.3. The lowest BCUT2D eigenvalue weighted by Gasteiger charge is -2.19. The molecule has 0 saturated carbocycles. The number of pyridine rings is 1. The molecule has 2 aromatic heterocycles. The highest BCUT2D eigenvalue weighted by Crippen LogP contribution is 2.27. The number of rotatable bonds is 13. The fourth-order valence-electron chi connectivity index (χ4n) is 4.74. The molecular weight excluding hydrogens is 510 g/mol. The van der Waals surface area contributed by atoms with Crippen LogP contribution in [-0.2, 0) is 25.6 Å². The van der Waals surface area contributed by atoms with Crippen molar-refractivity contribution in [1.82, 2.24) is 20.8 Å². The average Bonchev–Trinajstić information content (AvgIpc) is 3.25. The van der Waals surface area contributed by atoms with Gasteiger partial charge in [0.1, 0.15) is 11.8 Å². The van der Waals surface area contributed by atoms with Gasteiger partial charge in [0.25, 0.3) is 0 Å². The molecule has 0 radical (unpaired) electrons. The number of para-hydroxylation sites is 1. The van der Waals surface area contributed by atoms with E-state index in [1.54, 1.807) is 13.3 Å². The van der Waals surface area contributed by atoms with Crippen LogP contribution in [0.5, 0.6) is 5.75 Å². The van der Waals surface area contributed by atoms with Gasteiger partial charge in [0.15, 0.2) is 0 Å². The summed E-state index contributed by atoms with van der Waals surface area (Å²) in [6.45, 7) is 1.92. The Balaban J connectivity index is 1.45. The topological polar surface area (TPSA) is 134 Å². The largest absolute Gasteiger partial charge is 0.497 e. The molecule has 1 atom stereocenters. The van der Waals surface area contributed by atoms with Gasteiger partial charge in [-0.05, 0) is 55.7 Å². The molecule has 0 saturated heterocycles. The molecular formula is C30H35N5O5. The van der Waals surface area contributed by atoms with Gasteiger partial charge in [-0.25, -0.2) is 5.48 Å². The first-order chi connectivity index (χ1) is 19.4. The van der Waals surface area contributed by atoms with Crippen molar-refractivity contribution in [2.75, 3.05) is 19.5 Å². The quantitative estimate of drug-likeness (QED) is 0.146. The number of aromatic amines is 1. The maximum Gasteiger partial charge on any atom is 0.246 e. The van der Waals surface area contributed by atoms with Crippen molar-refractivity contribution < 1.29 is 24.0 Å². The number of amides is 3. The minimum absolute atomic E-state index is 0.109. The van der Waals surface area contributed by atoms with Crippen LogP contribution in [-0.4, -0.2) is 48.0 Å². The summed E-state index contributed by atoms with van der Waals surface area (Å²) in [5.41, 5.74) is 6.33. The lowest BCUT2D eigenvalue weighted by Crippen LogP contribution is -2.44. The lowest BCUT2D eigenvalue weighted by molar-refractivity contribution is -0.131. The molecule has 0 aliphatic carbocycles. The second-order valence-corrected chi connectivity index (χ2v) is 9.67. The zero-order chi connectivity index (χ0) is 28.5. The third kappa shape index (κ3) is 7.35. The second-order valence-electron chi connectivity index (χ2n) is 9.67. The summed E-state index contributed by atoms with van der Waals surface area (Å²) in [7, 11) is 2.99. The molecule has 210 valence electrons. The average molecular weight is 546 g/mol. The number of benzene rings is 2. The molecule has 2 heterocycles. The Hall–Kier alpha value is -4.44. The molecule has 0 aliphatic heterocycles. The standard InChI is InChI=1S/C30H35N5O5/c1-19-23(24-16-22(39-2)13-14-26(24)32-19)17-29(37)34-27(11-5-4-6-12-28(36)35-40-3)30(38)33-21-15-20-9-7-8-10-25(20)31-18-21/h7-10,13-16,18,27,32H,4-6,11-12,17H2,1-3H3,(H,33,38)(H,34,37)(H,35,36)/t27-/m0/s1. The van der Waals surface area contributed by atoms with E-state index in [0.29, 0.717) is 37.1 Å². The monoisotopic (exact) mass is 545 g/mol. The summed E-state index contributed by atoms with van der Waals surface area (Å²) in [6.07, 6.45) is 4.47. The normalized spacial score (nSPS) is 11.8. The number of methoxy groups -OCH3 is 1. The maximum absolute atomic E-state index is 13.3. The Morgan fingerprint density at radius 2 is 1.82 bits per heavy atom. The van der Waals surface area contributed by atoms with E-state index in [9.17, 15) is 14.4 Å². The number of hydroxylamine groups is 1. The third-order valence-electron chi connectivity index (χ3n) is 6.79. The van der Waals surface area contributed by atoms with Crippen molar-refractivity contribution in [2.45, 2.75) is 51.5 Å². The number of nitrogens with zero attached hydrogens (tertiary/aromatic N) is 1. The number of ether oxygens (including phenoxy) is 1. The number of hydrogen-bond acceptors (Lipinski definition) is 6. The van der Waals surface area contributed by atoms with Crippen LogP contribution in [0.1, 0.15) is 43.4 Å². The molecule has 0 unspecified atom stereocenters. The SMILES string of the molecule is CONC(=O)CCCCC[C@H](NC(=O)Cc1c(C)[nH]c2ccc(OC)cc12)C(=O)Nc1cnc2ccccc2c1. The minimum atomic E-state index is -0.758. The van der Waals surface area contributed by atoms with Crippen LogP contribution in [0.4, 0.5) is 5.69 Å². The highest BCUT2D eigenvalue weighted by Gasteiger charge is 2.22. The number of fused-ring (bicyclic) bond motifs is 2. The molecule has 0 bridgehead atoms. The summed E-state index contributed by atoms with van der Waals surface area (Å²) in [5.74, 6) is -0.0730. The Morgan fingerprint density at radius 3 is 2.62 bits per heavy atom. The van der Waals surface area contributed by atoms with Crippen molar-refractivity contribution in [3.63, 3.8) is 0 Å². The summed E-state index contributed by atoms with van der Waals surface area (Å²) < 4.78 is 5.36. The highest BCUT2D eigenvalue weighted by atomic mass is 16.6. The number of carbonyl (C=O) groups excluding carboxylic acids is 3. The number of hydrogen-bond donors (Lipinski definition) is 4. The summed E-state index contributed by atoms with van der Waals surface area (Å²) in [4.78, 5) is 50.6. The van der Waals surface area contributed by atoms with Crippen LogP contribution >= 0.6 is 0 Å². The van der Waals surface area contributed by atoms with Gasteiger partial charge < -0.3 is 20.4 Å². The number of H-pyrrole nitrogens is 1. The summed E-state index contributed by atoms with van der Waals surface area (Å²) in [6, 6.07) is 14.4. The van der Waals surface area contributed by atoms with Crippen molar-refractivity contribution in [3.05, 3.63) is 66.0 Å². The van der Waals surface area contributed by atoms with E-state index in [-0.39, 0.29) is 24.1 Å². The fourth-order valence-corrected chi connectivity index (χ4v) is 4.74. The molecule has 2 aromatic carbocycles. The maximum atomic E-state index is 13.3. The van der Waals surface area contributed by atoms with E-state index in [4.69, 9.17) is 4.74 Å². The molecule has 0 fully saturated rings. The molecule has 3 amide bonds. The van der Waals surface area contributed by atoms with Gasteiger partial charge in [0, 0.05) is 28.4 Å². The van der Waals surface area contributed by atoms with E-state index < -0.39 is 6.04 Å². The Bertz CT molecular complexity index is 1500. The summed E-state index contributed by atoms with van der Waals surface area (Å²) in [5, 5.41) is 7.66. The zero-order valence-electron chi connectivity index (χ0n) is 23.0. The fraction of sp³-hybridized carbons (Fsp3) is 0.333. The number of carbonyl (C=O) groups is 3. The predicted molar refractivity (Wildman–Crippen MR) is 154 cm³/mol. The first kappa shape index (κ1) is 28.6. The van der Waals surface area contributed by atoms with Gasteiger partial charge in [-0.3, -0.25) is 24.2 Å². The van der Waals surface area contributed by atoms with Crippen molar-refractivity contribution in [3.8, 4) is 5.75 Å². The molecule has 10 heteroatoms. The highest BCUT2D eigenvalue weighted by molar-refractivity contribution is 5.99. The van der Waals surface area contributed by atoms with E-state index >= 15 is 0 Å². The Morgan fingerprint density at radius 1 is 1.00 bits per heavy atom. The molecule has 4 N–H and O–H groups in total. The second kappa shape index (κ2) is 13.6. The van der Waals surface area contributed by atoms with Crippen LogP contribution in [0.2, 0.25) is 0 Å². The number of anilines is 1. The van der Waals surface area contributed by atoms with Crippen LogP contribution < -0.4 is 20.9 Å². The molecule has 4 aromatic rings. The van der Waals surface area contributed by atoms with Crippen molar-refractivity contribution >= 4 is 45.2 Å². The molecule has 10 nitrogen and oxygen atoms in total. The molecule has 0 spiro atoms. The zero-order valence-corrected chi connectivity index (χ0v) is 23.0. The van der Waals surface area contributed by atoms with Gasteiger partial charge >= 0.3 is 0 Å². The summed E-state index contributed by atoms with van der Waals surface area (Å²) >= 11 is 0. The van der Waals surface area contributed by atoms with E-state index in [1.165, 1.54) is 7.11 Å². The van der Waals surface area contributed by atoms with Gasteiger partial charge in [-0.2, -0.15) is 0 Å². The minimum Gasteiger partial charge on any atom is -0.497 e. The molecule has 4 rings (SSSR count). The predicted octanol–water partition coefficient (Wildman–Crippen LogP) is 4.33. The number of aryl methyl sites for hydroxylation is 1. The van der Waals surface area contributed by atoms with Gasteiger partial charge in [-0.15, -0.1) is 0 Å². The van der Waals surface area contributed by atoms with Gasteiger partial charge in [0.2, 0.25) is 17.7 Å². The van der Waals surface area contributed by atoms with Crippen molar-refractivity contribution in [1.29, 1.82) is 0 Å². The van der Waals surface area contributed by atoms with Crippen LogP contribution in [0.15, 0.2) is 54.7 Å². The van der Waals surface area contributed by atoms with E-state index in [0.717, 1.165) is 39.5 Å². The van der Waals surface area contributed by atoms with Gasteiger partial charge in [0.05, 0.1) is 38.0 Å². The number of unbranched alkanes of at least 4 members (excludes halogenated alkanes) is 2. The van der Waals surface area contributed by atoms with Crippen LogP contribution in [0, 0.1) is 6.92 Å². The molecule has 0 aliphatic rings. The van der Waals surface area contributed by atoms with Crippen LogP contribution in [0.3, 0.4) is 0 Å². The van der Waals surface area contributed by atoms with Crippen LogP contribution in [0.25, 0.3) is 21.8 Å². The lowest BCUT2D eigenvalue weighted by atomic mass is 10.0. The number of aromatic nitrogens is 2. The smallest absolute Gasteiger partial charge is 0.246 e. The molecule has 40 heavy (non-hydrogen) atoms. The van der Waals surface area contributed by atoms with Crippen molar-refractivity contribution in [2.24, 2.45) is 0 Å². The number of nitrogens with one attached hydrogen (secondary N) is 4. The first-order valence-corrected chi connectivity index (χ1v) is 13.3. The van der Waals surface area contributed by atoms with Gasteiger partial charge in [-0.1, -0.05) is 31.0 Å².